The van der Waals surface area contributed by atoms with Gasteiger partial charge in [-0.15, -0.1) is 0 Å². The summed E-state index contributed by atoms with van der Waals surface area (Å²) in [5.74, 6) is -0.985. The number of hydrogen-bond donors (Lipinski definition) is 1. The number of pyridine rings is 1. The number of fused-ring (bicyclic) bond motifs is 2. The van der Waals surface area contributed by atoms with E-state index in [2.05, 4.69) is 21.1 Å². The molecule has 9 heteroatoms. The molecular weight excluding hydrogens is 480 g/mol. The standard InChI is InChI=1S/C29H22N6O3/c30-18-19-4-6-20(7-5-19)27-25(33-28-26(12-13-31-35(27)28)34-14-16-38-17-15-34)11-9-21-8-10-22-23(29(36)37)2-1-3-24(22)32-21/h1-13H,14-17H2,(H,36,37)/b11-9+. The number of imidazole rings is 1. The van der Waals surface area contributed by atoms with Gasteiger partial charge in [0.05, 0.1) is 59.2 Å². The number of benzene rings is 2. The fourth-order valence-corrected chi connectivity index (χ4v) is 4.71. The molecule has 4 heterocycles. The zero-order valence-electron chi connectivity index (χ0n) is 20.3. The highest BCUT2D eigenvalue weighted by Gasteiger charge is 2.20. The Bertz CT molecular complexity index is 1740. The topological polar surface area (TPSA) is 117 Å². The van der Waals surface area contributed by atoms with Gasteiger partial charge < -0.3 is 14.7 Å². The molecule has 1 fully saturated rings. The number of ether oxygens (including phenoxy) is 1. The van der Waals surface area contributed by atoms with Crippen molar-refractivity contribution in [3.63, 3.8) is 0 Å². The van der Waals surface area contributed by atoms with E-state index in [-0.39, 0.29) is 5.56 Å². The molecule has 2 aromatic carbocycles. The molecule has 0 atom stereocenters. The van der Waals surface area contributed by atoms with E-state index in [0.717, 1.165) is 35.7 Å². The second kappa shape index (κ2) is 9.76. The van der Waals surface area contributed by atoms with Crippen LogP contribution in [0.3, 0.4) is 0 Å². The number of rotatable bonds is 5. The van der Waals surface area contributed by atoms with Crippen LogP contribution in [-0.4, -0.2) is 57.0 Å². The molecule has 0 bridgehead atoms. The summed E-state index contributed by atoms with van der Waals surface area (Å²) in [6.07, 6.45) is 5.52. The van der Waals surface area contributed by atoms with Crippen LogP contribution in [0.1, 0.15) is 27.3 Å². The molecule has 1 saturated heterocycles. The van der Waals surface area contributed by atoms with Crippen LogP contribution in [0, 0.1) is 11.3 Å². The van der Waals surface area contributed by atoms with Crippen molar-refractivity contribution < 1.29 is 14.6 Å². The molecule has 1 aliphatic rings. The number of nitrogens with zero attached hydrogens (tertiary/aromatic N) is 6. The van der Waals surface area contributed by atoms with Crippen molar-refractivity contribution in [2.75, 3.05) is 31.2 Å². The molecule has 0 spiro atoms. The van der Waals surface area contributed by atoms with Crippen LogP contribution < -0.4 is 4.90 Å². The quantitative estimate of drug-likeness (QED) is 0.373. The minimum atomic E-state index is -0.985. The van der Waals surface area contributed by atoms with Gasteiger partial charge in [-0.3, -0.25) is 0 Å². The second-order valence-electron chi connectivity index (χ2n) is 8.83. The number of anilines is 1. The molecule has 1 N–H and O–H groups in total. The van der Waals surface area contributed by atoms with Gasteiger partial charge in [-0.05, 0) is 54.6 Å². The summed E-state index contributed by atoms with van der Waals surface area (Å²) in [6, 6.07) is 20.1. The minimum Gasteiger partial charge on any atom is -0.478 e. The third-order valence-electron chi connectivity index (χ3n) is 6.56. The summed E-state index contributed by atoms with van der Waals surface area (Å²) in [6.45, 7) is 2.84. The van der Waals surface area contributed by atoms with Gasteiger partial charge in [0.2, 0.25) is 0 Å². The minimum absolute atomic E-state index is 0.218. The first-order valence-corrected chi connectivity index (χ1v) is 12.1. The molecule has 5 aromatic rings. The Morgan fingerprint density at radius 2 is 1.82 bits per heavy atom. The number of carboxylic acids is 1. The fourth-order valence-electron chi connectivity index (χ4n) is 4.71. The summed E-state index contributed by atoms with van der Waals surface area (Å²) < 4.78 is 7.36. The Kier molecular flexibility index (Phi) is 6.00. The molecule has 3 aromatic heterocycles. The fraction of sp³-hybridized carbons (Fsp3) is 0.138. The maximum absolute atomic E-state index is 11.6. The van der Waals surface area contributed by atoms with E-state index >= 15 is 0 Å². The van der Waals surface area contributed by atoms with Gasteiger partial charge in [0.1, 0.15) is 5.69 Å². The molecule has 0 saturated carbocycles. The summed E-state index contributed by atoms with van der Waals surface area (Å²) in [4.78, 5) is 23.4. The molecule has 186 valence electrons. The second-order valence-corrected chi connectivity index (χ2v) is 8.83. The van der Waals surface area contributed by atoms with Crippen molar-refractivity contribution in [2.24, 2.45) is 0 Å². The number of hydrogen-bond acceptors (Lipinski definition) is 7. The van der Waals surface area contributed by atoms with Crippen molar-refractivity contribution in [1.29, 1.82) is 5.26 Å². The third kappa shape index (κ3) is 4.23. The summed E-state index contributed by atoms with van der Waals surface area (Å²) in [5, 5.41) is 23.9. The van der Waals surface area contributed by atoms with Gasteiger partial charge in [-0.1, -0.05) is 18.2 Å². The number of carboxylic acid groups (broad SMARTS) is 1. The summed E-state index contributed by atoms with van der Waals surface area (Å²) >= 11 is 0. The smallest absolute Gasteiger partial charge is 0.336 e. The number of aromatic carboxylic acids is 1. The highest BCUT2D eigenvalue weighted by Crippen LogP contribution is 2.31. The van der Waals surface area contributed by atoms with E-state index < -0.39 is 5.97 Å². The Morgan fingerprint density at radius 1 is 1.00 bits per heavy atom. The van der Waals surface area contributed by atoms with Crippen LogP contribution in [0.2, 0.25) is 0 Å². The lowest BCUT2D eigenvalue weighted by Crippen LogP contribution is -2.36. The van der Waals surface area contributed by atoms with Crippen molar-refractivity contribution in [2.45, 2.75) is 0 Å². The maximum atomic E-state index is 11.6. The third-order valence-corrected chi connectivity index (χ3v) is 6.56. The zero-order chi connectivity index (χ0) is 26.1. The highest BCUT2D eigenvalue weighted by atomic mass is 16.5. The first-order valence-electron chi connectivity index (χ1n) is 12.1. The predicted molar refractivity (Wildman–Crippen MR) is 144 cm³/mol. The average Bonchev–Trinajstić information content (AvgIpc) is 3.34. The van der Waals surface area contributed by atoms with Gasteiger partial charge in [0.25, 0.3) is 0 Å². The van der Waals surface area contributed by atoms with Crippen molar-refractivity contribution in [3.05, 3.63) is 89.4 Å². The van der Waals surface area contributed by atoms with E-state index in [4.69, 9.17) is 9.72 Å². The SMILES string of the molecule is N#Cc1ccc(-c2c(/C=C/c3ccc4c(C(=O)O)cccc4n3)nc3c(N4CCOCC4)ccnn23)cc1. The molecule has 6 rings (SSSR count). The van der Waals surface area contributed by atoms with E-state index in [1.54, 1.807) is 48.7 Å². The van der Waals surface area contributed by atoms with E-state index in [1.165, 1.54) is 0 Å². The first-order chi connectivity index (χ1) is 18.6. The Hall–Kier alpha value is -5.07. The largest absolute Gasteiger partial charge is 0.478 e. The molecule has 0 unspecified atom stereocenters. The van der Waals surface area contributed by atoms with Crippen LogP contribution in [0.4, 0.5) is 5.69 Å². The molecule has 1 aliphatic heterocycles. The number of aromatic nitrogens is 4. The molecule has 9 nitrogen and oxygen atoms in total. The van der Waals surface area contributed by atoms with Crippen LogP contribution in [-0.2, 0) is 4.74 Å². The van der Waals surface area contributed by atoms with Gasteiger partial charge in [0.15, 0.2) is 5.65 Å². The summed E-state index contributed by atoms with van der Waals surface area (Å²) in [7, 11) is 0. The van der Waals surface area contributed by atoms with Crippen LogP contribution >= 0.6 is 0 Å². The molecule has 0 radical (unpaired) electrons. The lowest BCUT2D eigenvalue weighted by molar-refractivity contribution is 0.0699. The van der Waals surface area contributed by atoms with Crippen molar-refractivity contribution in [1.82, 2.24) is 19.6 Å². The van der Waals surface area contributed by atoms with Gasteiger partial charge in [-0.2, -0.15) is 10.4 Å². The highest BCUT2D eigenvalue weighted by molar-refractivity contribution is 6.02. The van der Waals surface area contributed by atoms with E-state index in [0.29, 0.717) is 41.1 Å². The van der Waals surface area contributed by atoms with Crippen molar-refractivity contribution >= 4 is 40.4 Å². The normalized spacial score (nSPS) is 13.8. The van der Waals surface area contributed by atoms with E-state index in [9.17, 15) is 15.2 Å². The number of carbonyl (C=O) groups is 1. The Balaban J connectivity index is 1.47. The monoisotopic (exact) mass is 502 g/mol. The summed E-state index contributed by atoms with van der Waals surface area (Å²) in [5.41, 5.74) is 6.14. The van der Waals surface area contributed by atoms with Crippen LogP contribution in [0.5, 0.6) is 0 Å². The molecular formula is C29H22N6O3. The molecule has 0 amide bonds. The average molecular weight is 503 g/mol. The zero-order valence-corrected chi connectivity index (χ0v) is 20.3. The first kappa shape index (κ1) is 23.3. The van der Waals surface area contributed by atoms with Gasteiger partial charge in [-0.25, -0.2) is 19.3 Å². The number of nitriles is 1. The van der Waals surface area contributed by atoms with Crippen molar-refractivity contribution in [3.8, 4) is 17.3 Å². The maximum Gasteiger partial charge on any atom is 0.336 e. The predicted octanol–water partition coefficient (Wildman–Crippen LogP) is 4.52. The number of morpholine rings is 1. The Morgan fingerprint density at radius 3 is 2.58 bits per heavy atom. The van der Waals surface area contributed by atoms with E-state index in [1.807, 2.05) is 34.9 Å². The van der Waals surface area contributed by atoms with Crippen LogP contribution in [0.25, 0.3) is 40.0 Å². The Labute approximate surface area is 217 Å². The van der Waals surface area contributed by atoms with Crippen LogP contribution in [0.15, 0.2) is 66.9 Å². The van der Waals surface area contributed by atoms with Gasteiger partial charge in [0, 0.05) is 24.0 Å². The lowest BCUT2D eigenvalue weighted by atomic mass is 10.1. The lowest BCUT2D eigenvalue weighted by Gasteiger charge is -2.28. The molecule has 38 heavy (non-hydrogen) atoms. The van der Waals surface area contributed by atoms with Gasteiger partial charge >= 0.3 is 5.97 Å². The molecule has 0 aliphatic carbocycles.